The third-order valence-corrected chi connectivity index (χ3v) is 5.57. The van der Waals surface area contributed by atoms with Crippen LogP contribution in [0.5, 0.6) is 0 Å². The SMILES string of the molecule is COCCOC(=O)C1=C(C)N(c2cc(C)cc(C)c2)C(=S)NC1c1ccsc1. The second-order valence-corrected chi connectivity index (χ2v) is 7.92. The summed E-state index contributed by atoms with van der Waals surface area (Å²) >= 11 is 7.26. The average molecular weight is 417 g/mol. The number of aryl methyl sites for hydroxylation is 2. The van der Waals surface area contributed by atoms with Crippen molar-refractivity contribution in [3.05, 3.63) is 63.0 Å². The molecule has 148 valence electrons. The van der Waals surface area contributed by atoms with Crippen molar-refractivity contribution in [1.82, 2.24) is 5.32 Å². The van der Waals surface area contributed by atoms with Gasteiger partial charge in [-0.3, -0.25) is 4.90 Å². The summed E-state index contributed by atoms with van der Waals surface area (Å²) in [4.78, 5) is 14.9. The number of thiophene rings is 1. The lowest BCUT2D eigenvalue weighted by Crippen LogP contribution is -2.48. The van der Waals surface area contributed by atoms with Crippen molar-refractivity contribution in [2.75, 3.05) is 25.2 Å². The van der Waals surface area contributed by atoms with E-state index in [-0.39, 0.29) is 18.6 Å². The lowest BCUT2D eigenvalue weighted by molar-refractivity contribution is -0.140. The van der Waals surface area contributed by atoms with E-state index in [2.05, 4.69) is 23.5 Å². The Morgan fingerprint density at radius 2 is 1.93 bits per heavy atom. The highest BCUT2D eigenvalue weighted by molar-refractivity contribution is 7.80. The molecule has 28 heavy (non-hydrogen) atoms. The van der Waals surface area contributed by atoms with Gasteiger partial charge < -0.3 is 14.8 Å². The van der Waals surface area contributed by atoms with Crippen LogP contribution >= 0.6 is 23.6 Å². The molecule has 0 amide bonds. The van der Waals surface area contributed by atoms with Crippen LogP contribution in [-0.4, -0.2) is 31.4 Å². The van der Waals surface area contributed by atoms with Gasteiger partial charge in [-0.05, 0) is 78.6 Å². The van der Waals surface area contributed by atoms with Gasteiger partial charge in [-0.15, -0.1) is 0 Å². The molecule has 2 aromatic rings. The van der Waals surface area contributed by atoms with Crippen LogP contribution in [0.25, 0.3) is 0 Å². The molecule has 1 aliphatic heterocycles. The summed E-state index contributed by atoms with van der Waals surface area (Å²) in [5.74, 6) is -0.366. The van der Waals surface area contributed by atoms with Gasteiger partial charge in [-0.25, -0.2) is 4.79 Å². The highest BCUT2D eigenvalue weighted by Crippen LogP contribution is 2.35. The van der Waals surface area contributed by atoms with Crippen molar-refractivity contribution in [3.8, 4) is 0 Å². The lowest BCUT2D eigenvalue weighted by atomic mass is 9.96. The van der Waals surface area contributed by atoms with Crippen LogP contribution in [0.1, 0.15) is 29.7 Å². The second-order valence-electron chi connectivity index (χ2n) is 6.75. The van der Waals surface area contributed by atoms with E-state index >= 15 is 0 Å². The lowest BCUT2D eigenvalue weighted by Gasteiger charge is -2.37. The predicted molar refractivity (Wildman–Crippen MR) is 117 cm³/mol. The third kappa shape index (κ3) is 4.27. The Morgan fingerprint density at radius 3 is 2.54 bits per heavy atom. The Balaban J connectivity index is 2.06. The predicted octanol–water partition coefficient (Wildman–Crippen LogP) is 4.26. The van der Waals surface area contributed by atoms with Crippen LogP contribution in [0.2, 0.25) is 0 Å². The first-order valence-corrected chi connectivity index (χ1v) is 10.4. The Kier molecular flexibility index (Phi) is 6.49. The second kappa shape index (κ2) is 8.86. The number of thiocarbonyl (C=S) groups is 1. The molecule has 0 spiro atoms. The van der Waals surface area contributed by atoms with Gasteiger partial charge in [0.1, 0.15) is 6.61 Å². The number of allylic oxidation sites excluding steroid dienone is 1. The summed E-state index contributed by atoms with van der Waals surface area (Å²) in [5.41, 5.74) is 5.52. The van der Waals surface area contributed by atoms with Crippen LogP contribution in [0.15, 0.2) is 46.3 Å². The summed E-state index contributed by atoms with van der Waals surface area (Å²) < 4.78 is 10.5. The molecule has 5 nitrogen and oxygen atoms in total. The maximum Gasteiger partial charge on any atom is 0.338 e. The normalized spacial score (nSPS) is 16.9. The minimum atomic E-state index is -0.366. The fourth-order valence-electron chi connectivity index (χ4n) is 3.38. The van der Waals surface area contributed by atoms with Gasteiger partial charge in [0, 0.05) is 18.5 Å². The highest BCUT2D eigenvalue weighted by atomic mass is 32.1. The molecule has 1 N–H and O–H groups in total. The van der Waals surface area contributed by atoms with E-state index in [9.17, 15) is 4.79 Å². The Hall–Kier alpha value is -2.22. The minimum Gasteiger partial charge on any atom is -0.460 e. The topological polar surface area (TPSA) is 50.8 Å². The number of rotatable bonds is 6. The van der Waals surface area contributed by atoms with E-state index in [0.717, 1.165) is 28.1 Å². The molecule has 1 aromatic carbocycles. The number of hydrogen-bond acceptors (Lipinski definition) is 5. The molecule has 1 atom stereocenters. The van der Waals surface area contributed by atoms with E-state index in [1.807, 2.05) is 42.5 Å². The monoisotopic (exact) mass is 416 g/mol. The molecule has 1 aliphatic rings. The van der Waals surface area contributed by atoms with Gasteiger partial charge in [0.2, 0.25) is 0 Å². The van der Waals surface area contributed by atoms with Crippen molar-refractivity contribution >= 4 is 40.3 Å². The molecule has 7 heteroatoms. The zero-order valence-electron chi connectivity index (χ0n) is 16.4. The molecule has 0 saturated heterocycles. The molecular formula is C21H24N2O3S2. The highest BCUT2D eigenvalue weighted by Gasteiger charge is 2.35. The smallest absolute Gasteiger partial charge is 0.338 e. The van der Waals surface area contributed by atoms with E-state index in [0.29, 0.717) is 17.3 Å². The Morgan fingerprint density at radius 1 is 1.21 bits per heavy atom. The number of benzene rings is 1. The third-order valence-electron chi connectivity index (χ3n) is 4.57. The van der Waals surface area contributed by atoms with E-state index in [1.54, 1.807) is 18.4 Å². The summed E-state index contributed by atoms with van der Waals surface area (Å²) in [6, 6.07) is 7.88. The van der Waals surface area contributed by atoms with Gasteiger partial charge in [-0.2, -0.15) is 11.3 Å². The number of nitrogens with one attached hydrogen (secondary N) is 1. The summed E-state index contributed by atoms with van der Waals surface area (Å²) in [5, 5.41) is 7.90. The Labute approximate surface area is 175 Å². The molecule has 1 aromatic heterocycles. The number of methoxy groups -OCH3 is 1. The van der Waals surface area contributed by atoms with Crippen molar-refractivity contribution < 1.29 is 14.3 Å². The molecule has 0 aliphatic carbocycles. The van der Waals surface area contributed by atoms with E-state index in [1.165, 1.54) is 0 Å². The van der Waals surface area contributed by atoms with Crippen LogP contribution in [0.3, 0.4) is 0 Å². The first-order valence-electron chi connectivity index (χ1n) is 9.00. The van der Waals surface area contributed by atoms with Gasteiger partial charge in [0.05, 0.1) is 18.2 Å². The first kappa shape index (κ1) is 20.5. The van der Waals surface area contributed by atoms with E-state index < -0.39 is 0 Å². The van der Waals surface area contributed by atoms with Gasteiger partial charge in [-0.1, -0.05) is 6.07 Å². The largest absolute Gasteiger partial charge is 0.460 e. The summed E-state index contributed by atoms with van der Waals surface area (Å²) in [6.07, 6.45) is 0. The zero-order chi connectivity index (χ0) is 20.3. The maximum absolute atomic E-state index is 13.0. The molecule has 0 saturated carbocycles. The quantitative estimate of drug-likeness (QED) is 0.431. The Bertz CT molecular complexity index is 886. The summed E-state index contributed by atoms with van der Waals surface area (Å²) in [7, 11) is 1.58. The van der Waals surface area contributed by atoms with E-state index in [4.69, 9.17) is 21.7 Å². The number of anilines is 1. The molecule has 0 radical (unpaired) electrons. The fraction of sp³-hybridized carbons (Fsp3) is 0.333. The average Bonchev–Trinajstić information content (AvgIpc) is 3.15. The number of hydrogen-bond donors (Lipinski definition) is 1. The maximum atomic E-state index is 13.0. The molecule has 0 fully saturated rings. The molecule has 3 rings (SSSR count). The first-order chi connectivity index (χ1) is 13.4. The van der Waals surface area contributed by atoms with Crippen molar-refractivity contribution in [3.63, 3.8) is 0 Å². The van der Waals surface area contributed by atoms with Crippen LogP contribution in [-0.2, 0) is 14.3 Å². The van der Waals surface area contributed by atoms with Gasteiger partial charge in [0.25, 0.3) is 0 Å². The van der Waals surface area contributed by atoms with Crippen LogP contribution < -0.4 is 10.2 Å². The number of ether oxygens (including phenoxy) is 2. The van der Waals surface area contributed by atoms with Crippen LogP contribution in [0.4, 0.5) is 5.69 Å². The number of carbonyl (C=O) groups is 1. The minimum absolute atomic E-state index is 0.205. The molecular weight excluding hydrogens is 392 g/mol. The zero-order valence-corrected chi connectivity index (χ0v) is 18.1. The summed E-state index contributed by atoms with van der Waals surface area (Å²) in [6.45, 7) is 6.56. The number of nitrogens with zero attached hydrogens (tertiary/aromatic N) is 1. The fourth-order valence-corrected chi connectivity index (χ4v) is 4.43. The van der Waals surface area contributed by atoms with Crippen molar-refractivity contribution in [2.24, 2.45) is 0 Å². The van der Waals surface area contributed by atoms with Gasteiger partial charge in [0.15, 0.2) is 5.11 Å². The molecule has 2 heterocycles. The standard InChI is InChI=1S/C21H24N2O3S2/c1-13-9-14(2)11-17(10-13)23-15(3)18(20(24)26-7-6-25-4)19(22-21(23)27)16-5-8-28-12-16/h5,8-12,19H,6-7H2,1-4H3,(H,22,27). The van der Waals surface area contributed by atoms with Crippen molar-refractivity contribution in [1.29, 1.82) is 0 Å². The van der Waals surface area contributed by atoms with Gasteiger partial charge >= 0.3 is 5.97 Å². The molecule has 0 bridgehead atoms. The molecule has 1 unspecified atom stereocenters. The number of carbonyl (C=O) groups excluding carboxylic acids is 1. The van der Waals surface area contributed by atoms with Crippen molar-refractivity contribution in [2.45, 2.75) is 26.8 Å². The van der Waals surface area contributed by atoms with Crippen LogP contribution in [0, 0.1) is 13.8 Å². The number of esters is 1.